The number of anilines is 1. The van der Waals surface area contributed by atoms with Crippen molar-refractivity contribution in [3.8, 4) is 5.75 Å². The van der Waals surface area contributed by atoms with Gasteiger partial charge in [-0.2, -0.15) is 0 Å². The van der Waals surface area contributed by atoms with Crippen LogP contribution in [0.25, 0.3) is 0 Å². The quantitative estimate of drug-likeness (QED) is 0.672. The second-order valence-corrected chi connectivity index (χ2v) is 5.66. The van der Waals surface area contributed by atoms with E-state index in [0.29, 0.717) is 18.9 Å². The zero-order chi connectivity index (χ0) is 15.1. The molecule has 0 bridgehead atoms. The van der Waals surface area contributed by atoms with Crippen molar-refractivity contribution in [1.29, 1.82) is 0 Å². The lowest BCUT2D eigenvalue weighted by Gasteiger charge is -2.17. The van der Waals surface area contributed by atoms with Crippen LogP contribution >= 0.6 is 0 Å². The van der Waals surface area contributed by atoms with Crippen molar-refractivity contribution >= 4 is 11.6 Å². The summed E-state index contributed by atoms with van der Waals surface area (Å²) in [4.78, 5) is 11.6. The van der Waals surface area contributed by atoms with Crippen LogP contribution in [0.15, 0.2) is 18.2 Å². The van der Waals surface area contributed by atoms with Gasteiger partial charge in [0.25, 0.3) is 0 Å². The molecule has 1 amide bonds. The minimum absolute atomic E-state index is 0.108. The van der Waals surface area contributed by atoms with Crippen LogP contribution in [0.4, 0.5) is 5.69 Å². The minimum Gasteiger partial charge on any atom is -0.508 e. The van der Waals surface area contributed by atoms with E-state index in [1.54, 1.807) is 12.1 Å². The first kappa shape index (κ1) is 16.3. The number of phenolic OH excluding ortho intramolecular Hbond substituents is 1. The molecule has 0 saturated carbocycles. The van der Waals surface area contributed by atoms with Gasteiger partial charge in [0.1, 0.15) is 5.75 Å². The molecule has 4 nitrogen and oxygen atoms in total. The molecule has 1 aromatic rings. The molecule has 1 aromatic carbocycles. The molecule has 112 valence electrons. The summed E-state index contributed by atoms with van der Waals surface area (Å²) in [5.74, 6) is 1.03. The first-order chi connectivity index (χ1) is 9.43. The zero-order valence-electron chi connectivity index (χ0n) is 12.9. The summed E-state index contributed by atoms with van der Waals surface area (Å²) in [6.45, 7) is 6.83. The molecule has 0 spiro atoms. The Hall–Kier alpha value is -1.71. The van der Waals surface area contributed by atoms with E-state index >= 15 is 0 Å². The van der Waals surface area contributed by atoms with E-state index in [2.05, 4.69) is 17.6 Å². The Morgan fingerprint density at radius 3 is 2.60 bits per heavy atom. The number of benzene rings is 1. The van der Waals surface area contributed by atoms with E-state index in [1.165, 1.54) is 0 Å². The van der Waals surface area contributed by atoms with Crippen molar-refractivity contribution in [3.05, 3.63) is 23.8 Å². The molecule has 0 radical (unpaired) electrons. The van der Waals surface area contributed by atoms with Crippen LogP contribution in [-0.4, -0.2) is 24.6 Å². The fraction of sp³-hybridized carbons (Fsp3) is 0.562. The van der Waals surface area contributed by atoms with Crippen molar-refractivity contribution in [1.82, 2.24) is 5.32 Å². The third-order valence-electron chi connectivity index (χ3n) is 3.33. The van der Waals surface area contributed by atoms with Crippen molar-refractivity contribution in [2.75, 3.05) is 18.9 Å². The second kappa shape index (κ2) is 7.78. The van der Waals surface area contributed by atoms with Crippen LogP contribution in [-0.2, 0) is 4.79 Å². The highest BCUT2D eigenvalue weighted by Gasteiger charge is 2.12. The zero-order valence-corrected chi connectivity index (χ0v) is 12.9. The largest absolute Gasteiger partial charge is 0.508 e. The first-order valence-electron chi connectivity index (χ1n) is 7.21. The maximum absolute atomic E-state index is 11.6. The van der Waals surface area contributed by atoms with Crippen LogP contribution < -0.4 is 10.6 Å². The Bertz CT molecular complexity index is 444. The molecule has 0 aliphatic heterocycles. The van der Waals surface area contributed by atoms with E-state index in [-0.39, 0.29) is 17.6 Å². The Balaban J connectivity index is 2.52. The average molecular weight is 278 g/mol. The average Bonchev–Trinajstić information content (AvgIpc) is 2.37. The van der Waals surface area contributed by atoms with Crippen LogP contribution in [0.2, 0.25) is 0 Å². The summed E-state index contributed by atoms with van der Waals surface area (Å²) in [5.41, 5.74) is 2.09. The predicted octanol–water partition coefficient (Wildman–Crippen LogP) is 3.09. The van der Waals surface area contributed by atoms with Gasteiger partial charge in [-0.3, -0.25) is 4.79 Å². The third-order valence-corrected chi connectivity index (χ3v) is 3.33. The first-order valence-corrected chi connectivity index (χ1v) is 7.21. The maximum Gasteiger partial charge on any atom is 0.220 e. The molecule has 0 heterocycles. The van der Waals surface area contributed by atoms with Crippen molar-refractivity contribution in [2.45, 2.75) is 39.5 Å². The van der Waals surface area contributed by atoms with Crippen molar-refractivity contribution in [3.63, 3.8) is 0 Å². The van der Waals surface area contributed by atoms with Gasteiger partial charge in [0.15, 0.2) is 0 Å². The highest BCUT2D eigenvalue weighted by atomic mass is 16.3. The van der Waals surface area contributed by atoms with E-state index in [9.17, 15) is 9.90 Å². The standard InChI is InChI=1S/C16H26N2O2/c1-11(2)9-16(20)18-8-7-12(3)14-10-13(19)5-6-15(14)17-4/h5-6,10-12,17,19H,7-9H2,1-4H3,(H,18,20). The van der Waals surface area contributed by atoms with E-state index in [4.69, 9.17) is 0 Å². The monoisotopic (exact) mass is 278 g/mol. The summed E-state index contributed by atoms with van der Waals surface area (Å²) in [7, 11) is 1.87. The molecule has 1 rings (SSSR count). The number of aromatic hydroxyl groups is 1. The number of hydrogen-bond acceptors (Lipinski definition) is 3. The number of amides is 1. The molecule has 1 unspecified atom stereocenters. The molecule has 4 heteroatoms. The van der Waals surface area contributed by atoms with Crippen molar-refractivity contribution < 1.29 is 9.90 Å². The molecular formula is C16H26N2O2. The van der Waals surface area contributed by atoms with Crippen LogP contribution in [0.5, 0.6) is 5.75 Å². The van der Waals surface area contributed by atoms with Crippen LogP contribution in [0.1, 0.15) is 45.1 Å². The minimum atomic E-state index is 0.108. The number of carbonyl (C=O) groups is 1. The molecular weight excluding hydrogens is 252 g/mol. The Morgan fingerprint density at radius 2 is 2.00 bits per heavy atom. The van der Waals surface area contributed by atoms with Crippen molar-refractivity contribution in [2.24, 2.45) is 5.92 Å². The van der Waals surface area contributed by atoms with Gasteiger partial charge in [-0.05, 0) is 42.0 Å². The third kappa shape index (κ3) is 5.11. The fourth-order valence-electron chi connectivity index (χ4n) is 2.21. The van der Waals surface area contributed by atoms with Gasteiger partial charge in [-0.15, -0.1) is 0 Å². The molecule has 0 aromatic heterocycles. The summed E-state index contributed by atoms with van der Waals surface area (Å²) < 4.78 is 0. The highest BCUT2D eigenvalue weighted by Crippen LogP contribution is 2.29. The van der Waals surface area contributed by atoms with E-state index in [0.717, 1.165) is 17.7 Å². The number of phenols is 1. The topological polar surface area (TPSA) is 61.4 Å². The number of rotatable bonds is 7. The van der Waals surface area contributed by atoms with Crippen LogP contribution in [0.3, 0.4) is 0 Å². The Labute approximate surface area is 121 Å². The van der Waals surface area contributed by atoms with Gasteiger partial charge < -0.3 is 15.7 Å². The molecule has 0 saturated heterocycles. The van der Waals surface area contributed by atoms with Gasteiger partial charge >= 0.3 is 0 Å². The Kier molecular flexibility index (Phi) is 6.36. The summed E-state index contributed by atoms with van der Waals surface area (Å²) in [6.07, 6.45) is 1.42. The fourth-order valence-corrected chi connectivity index (χ4v) is 2.21. The summed E-state index contributed by atoms with van der Waals surface area (Å²) in [5, 5.41) is 15.7. The molecule has 20 heavy (non-hydrogen) atoms. The SMILES string of the molecule is CNc1ccc(O)cc1C(C)CCNC(=O)CC(C)C. The number of carbonyl (C=O) groups excluding carboxylic acids is 1. The number of hydrogen-bond donors (Lipinski definition) is 3. The van der Waals surface area contributed by atoms with E-state index < -0.39 is 0 Å². The molecule has 0 fully saturated rings. The highest BCUT2D eigenvalue weighted by molar-refractivity contribution is 5.76. The molecule has 1 atom stereocenters. The van der Waals surface area contributed by atoms with Gasteiger partial charge in [-0.25, -0.2) is 0 Å². The van der Waals surface area contributed by atoms with Gasteiger partial charge in [-0.1, -0.05) is 20.8 Å². The Morgan fingerprint density at radius 1 is 1.30 bits per heavy atom. The number of nitrogens with one attached hydrogen (secondary N) is 2. The predicted molar refractivity (Wildman–Crippen MR) is 83.2 cm³/mol. The summed E-state index contributed by atoms with van der Waals surface area (Å²) >= 11 is 0. The lowest BCUT2D eigenvalue weighted by atomic mass is 9.95. The molecule has 3 N–H and O–H groups in total. The lowest BCUT2D eigenvalue weighted by Crippen LogP contribution is -2.26. The molecule has 0 aliphatic rings. The van der Waals surface area contributed by atoms with Gasteiger partial charge in [0.05, 0.1) is 0 Å². The van der Waals surface area contributed by atoms with Gasteiger partial charge in [0, 0.05) is 25.7 Å². The lowest BCUT2D eigenvalue weighted by molar-refractivity contribution is -0.121. The maximum atomic E-state index is 11.6. The van der Waals surface area contributed by atoms with Gasteiger partial charge in [0.2, 0.25) is 5.91 Å². The normalized spacial score (nSPS) is 12.2. The second-order valence-electron chi connectivity index (χ2n) is 5.66. The smallest absolute Gasteiger partial charge is 0.220 e. The van der Waals surface area contributed by atoms with E-state index in [1.807, 2.05) is 27.0 Å². The summed E-state index contributed by atoms with van der Waals surface area (Å²) in [6, 6.07) is 5.33. The van der Waals surface area contributed by atoms with Crippen LogP contribution in [0, 0.1) is 5.92 Å². The molecule has 0 aliphatic carbocycles.